The second kappa shape index (κ2) is 10.8. The summed E-state index contributed by atoms with van der Waals surface area (Å²) < 4.78 is 26.7. The standard InChI is InChI=1S/C26H34N6O5S/c1-4-13-31(22(34)16-33)17(2)7-9-20-23(38(3,36)37)24(27)32-25(30-20)19(15-29-32)18-8-10-21(28-14-18)26(35)11-5-6-12-26/h4,8,10,13-15,17,33,35H,5-7,9,11-12,16,27H2,1-3H3/b13-4-/t17-/m1/s1. The number of sulfone groups is 1. The second-order valence-corrected chi connectivity index (χ2v) is 11.8. The molecule has 0 bridgehead atoms. The summed E-state index contributed by atoms with van der Waals surface area (Å²) in [5, 5.41) is 24.5. The molecule has 0 spiro atoms. The molecule has 1 amide bonds. The van der Waals surface area contributed by atoms with E-state index in [9.17, 15) is 23.4 Å². The van der Waals surface area contributed by atoms with E-state index in [1.54, 1.807) is 37.7 Å². The number of amides is 1. The van der Waals surface area contributed by atoms with Gasteiger partial charge in [0.25, 0.3) is 5.91 Å². The predicted molar refractivity (Wildman–Crippen MR) is 143 cm³/mol. The van der Waals surface area contributed by atoms with Crippen molar-refractivity contribution in [3.05, 3.63) is 48.2 Å². The van der Waals surface area contributed by atoms with Gasteiger partial charge in [0.05, 0.1) is 17.6 Å². The molecule has 0 saturated heterocycles. The number of rotatable bonds is 9. The number of carbonyl (C=O) groups excluding carboxylic acids is 1. The molecule has 4 rings (SSSR count). The highest BCUT2D eigenvalue weighted by Crippen LogP contribution is 2.38. The van der Waals surface area contributed by atoms with Crippen LogP contribution in [-0.2, 0) is 26.7 Å². The summed E-state index contributed by atoms with van der Waals surface area (Å²) in [5.74, 6) is -0.508. The molecule has 0 radical (unpaired) electrons. The molecule has 1 atom stereocenters. The Morgan fingerprint density at radius 3 is 2.58 bits per heavy atom. The first-order chi connectivity index (χ1) is 18.0. The highest BCUT2D eigenvalue weighted by atomic mass is 32.2. The van der Waals surface area contributed by atoms with Crippen LogP contribution in [0.4, 0.5) is 5.82 Å². The average Bonchev–Trinajstić information content (AvgIpc) is 3.52. The number of hydrogen-bond acceptors (Lipinski definition) is 9. The maximum Gasteiger partial charge on any atom is 0.252 e. The molecule has 1 saturated carbocycles. The third-order valence-electron chi connectivity index (χ3n) is 7.07. The molecule has 3 aromatic rings. The number of aliphatic hydroxyl groups excluding tert-OH is 1. The van der Waals surface area contributed by atoms with Gasteiger partial charge in [0.2, 0.25) is 0 Å². The number of aliphatic hydroxyl groups is 2. The zero-order valence-electron chi connectivity index (χ0n) is 21.8. The molecule has 204 valence electrons. The van der Waals surface area contributed by atoms with Gasteiger partial charge >= 0.3 is 0 Å². The van der Waals surface area contributed by atoms with E-state index in [4.69, 9.17) is 5.73 Å². The van der Waals surface area contributed by atoms with Crippen molar-refractivity contribution >= 4 is 27.2 Å². The van der Waals surface area contributed by atoms with Crippen molar-refractivity contribution in [2.24, 2.45) is 0 Å². The summed E-state index contributed by atoms with van der Waals surface area (Å²) in [4.78, 5) is 22.7. The van der Waals surface area contributed by atoms with Crippen molar-refractivity contribution in [1.82, 2.24) is 24.5 Å². The fraction of sp³-hybridized carbons (Fsp3) is 0.462. The van der Waals surface area contributed by atoms with Gasteiger partial charge in [0.15, 0.2) is 15.5 Å². The summed E-state index contributed by atoms with van der Waals surface area (Å²) in [6, 6.07) is 3.31. The van der Waals surface area contributed by atoms with Gasteiger partial charge in [-0.2, -0.15) is 9.61 Å². The van der Waals surface area contributed by atoms with E-state index >= 15 is 0 Å². The number of nitrogen functional groups attached to an aromatic ring is 1. The van der Waals surface area contributed by atoms with Crippen molar-refractivity contribution in [3.8, 4) is 11.1 Å². The summed E-state index contributed by atoms with van der Waals surface area (Å²) in [6.07, 6.45) is 11.4. The number of nitrogens with two attached hydrogens (primary N) is 1. The molecule has 38 heavy (non-hydrogen) atoms. The maximum atomic E-state index is 12.7. The monoisotopic (exact) mass is 542 g/mol. The summed E-state index contributed by atoms with van der Waals surface area (Å²) in [6.45, 7) is 2.94. The third kappa shape index (κ3) is 5.29. The Morgan fingerprint density at radius 1 is 1.29 bits per heavy atom. The predicted octanol–water partition coefficient (Wildman–Crippen LogP) is 2.21. The molecule has 4 N–H and O–H groups in total. The number of aromatic nitrogens is 4. The Labute approximate surface area is 221 Å². The lowest BCUT2D eigenvalue weighted by molar-refractivity contribution is -0.133. The fourth-order valence-electron chi connectivity index (χ4n) is 5.07. The summed E-state index contributed by atoms with van der Waals surface area (Å²) >= 11 is 0. The normalized spacial score (nSPS) is 16.3. The van der Waals surface area contributed by atoms with Gasteiger partial charge in [-0.15, -0.1) is 0 Å². The van der Waals surface area contributed by atoms with Crippen LogP contribution in [0.15, 0.2) is 41.7 Å². The van der Waals surface area contributed by atoms with Crippen LogP contribution in [0.25, 0.3) is 16.8 Å². The molecule has 11 nitrogen and oxygen atoms in total. The van der Waals surface area contributed by atoms with E-state index < -0.39 is 28.0 Å². The van der Waals surface area contributed by atoms with Crippen LogP contribution < -0.4 is 5.73 Å². The molecule has 12 heteroatoms. The quantitative estimate of drug-likeness (QED) is 0.368. The molecular weight excluding hydrogens is 508 g/mol. The van der Waals surface area contributed by atoms with Crippen molar-refractivity contribution in [2.45, 2.75) is 68.9 Å². The molecule has 0 aromatic carbocycles. The van der Waals surface area contributed by atoms with Crippen molar-refractivity contribution in [2.75, 3.05) is 18.6 Å². The minimum atomic E-state index is -3.76. The lowest BCUT2D eigenvalue weighted by Crippen LogP contribution is -2.36. The molecule has 1 aliphatic carbocycles. The summed E-state index contributed by atoms with van der Waals surface area (Å²) in [5.41, 5.74) is 8.02. The zero-order valence-corrected chi connectivity index (χ0v) is 22.6. The van der Waals surface area contributed by atoms with Gasteiger partial charge in [-0.05, 0) is 45.6 Å². The second-order valence-electron chi connectivity index (χ2n) is 9.84. The number of anilines is 1. The van der Waals surface area contributed by atoms with Crippen molar-refractivity contribution in [1.29, 1.82) is 0 Å². The lowest BCUT2D eigenvalue weighted by atomic mass is 9.96. The van der Waals surface area contributed by atoms with Crippen LogP contribution in [0.5, 0.6) is 0 Å². The Balaban J connectivity index is 1.73. The van der Waals surface area contributed by atoms with E-state index in [1.165, 1.54) is 9.42 Å². The third-order valence-corrected chi connectivity index (χ3v) is 8.25. The first kappa shape index (κ1) is 27.7. The van der Waals surface area contributed by atoms with E-state index in [0.717, 1.165) is 19.1 Å². The number of pyridine rings is 1. The van der Waals surface area contributed by atoms with Gasteiger partial charge in [-0.25, -0.2) is 13.4 Å². The highest BCUT2D eigenvalue weighted by molar-refractivity contribution is 7.91. The molecule has 1 fully saturated rings. The van der Waals surface area contributed by atoms with Gasteiger partial charge < -0.3 is 20.8 Å². The first-order valence-corrected chi connectivity index (χ1v) is 14.5. The SMILES string of the molecule is C/C=C\N(C(=O)CO)[C@H](C)CCc1nc2c(-c3ccc(C4(O)CCCC4)nc3)cnn2c(N)c1S(C)(=O)=O. The van der Waals surface area contributed by atoms with E-state index in [2.05, 4.69) is 15.1 Å². The van der Waals surface area contributed by atoms with Crippen LogP contribution in [-0.4, -0.2) is 67.9 Å². The smallest absolute Gasteiger partial charge is 0.252 e. The first-order valence-electron chi connectivity index (χ1n) is 12.6. The average molecular weight is 543 g/mol. The van der Waals surface area contributed by atoms with Crippen LogP contribution in [0, 0.1) is 0 Å². The highest BCUT2D eigenvalue weighted by Gasteiger charge is 2.34. The lowest BCUT2D eigenvalue weighted by Gasteiger charge is -2.25. The molecule has 3 heterocycles. The van der Waals surface area contributed by atoms with Crippen LogP contribution in [0.3, 0.4) is 0 Å². The van der Waals surface area contributed by atoms with Crippen LogP contribution in [0.1, 0.15) is 57.3 Å². The topological polar surface area (TPSA) is 164 Å². The maximum absolute atomic E-state index is 12.7. The van der Waals surface area contributed by atoms with Crippen LogP contribution >= 0.6 is 0 Å². The minimum Gasteiger partial charge on any atom is -0.387 e. The summed E-state index contributed by atoms with van der Waals surface area (Å²) in [7, 11) is -3.76. The Bertz CT molecular complexity index is 1460. The number of aryl methyl sites for hydroxylation is 1. The van der Waals surface area contributed by atoms with Crippen LogP contribution in [0.2, 0.25) is 0 Å². The van der Waals surface area contributed by atoms with E-state index in [0.29, 0.717) is 41.7 Å². The van der Waals surface area contributed by atoms with Gasteiger partial charge in [-0.3, -0.25) is 9.78 Å². The molecule has 0 aliphatic heterocycles. The minimum absolute atomic E-state index is 0.0482. The van der Waals surface area contributed by atoms with E-state index in [-0.39, 0.29) is 28.9 Å². The van der Waals surface area contributed by atoms with E-state index in [1.807, 2.05) is 13.0 Å². The fourth-order valence-corrected chi connectivity index (χ4v) is 6.11. The molecule has 1 aliphatic rings. The van der Waals surface area contributed by atoms with Gasteiger partial charge in [0, 0.05) is 35.8 Å². The van der Waals surface area contributed by atoms with Gasteiger partial charge in [0.1, 0.15) is 22.9 Å². The number of carbonyl (C=O) groups is 1. The van der Waals surface area contributed by atoms with Crippen molar-refractivity contribution in [3.63, 3.8) is 0 Å². The van der Waals surface area contributed by atoms with Gasteiger partial charge in [-0.1, -0.05) is 25.0 Å². The number of allylic oxidation sites excluding steroid dienone is 1. The molecule has 0 unspecified atom stereocenters. The zero-order chi connectivity index (χ0) is 27.7. The number of fused-ring (bicyclic) bond motifs is 1. The largest absolute Gasteiger partial charge is 0.387 e. The Morgan fingerprint density at radius 2 is 2.00 bits per heavy atom. The number of nitrogens with zero attached hydrogens (tertiary/aromatic N) is 5. The Hall–Kier alpha value is -3.35. The molecular formula is C26H34N6O5S. The van der Waals surface area contributed by atoms with Crippen molar-refractivity contribution < 1.29 is 23.4 Å². The molecule has 3 aromatic heterocycles. The number of hydrogen-bond donors (Lipinski definition) is 3. The Kier molecular flexibility index (Phi) is 7.86.